The highest BCUT2D eigenvalue weighted by Crippen LogP contribution is 2.48. The van der Waals surface area contributed by atoms with E-state index in [4.69, 9.17) is 8.61 Å². The van der Waals surface area contributed by atoms with Gasteiger partial charge >= 0.3 is 0 Å². The average molecular weight is 367 g/mol. The Balaban J connectivity index is 2.55. The first kappa shape index (κ1) is 21.1. The van der Waals surface area contributed by atoms with Crippen LogP contribution in [0.25, 0.3) is 0 Å². The van der Waals surface area contributed by atoms with Crippen LogP contribution in [0, 0.1) is 0 Å². The second-order valence-electron chi connectivity index (χ2n) is 8.24. The molecule has 7 heteroatoms. The van der Waals surface area contributed by atoms with E-state index in [1.807, 2.05) is 6.92 Å². The normalized spacial score (nSPS) is 19.6. The smallest absolute Gasteiger partial charge is 0.273 e. The van der Waals surface area contributed by atoms with E-state index < -0.39 is 29.3 Å². The van der Waals surface area contributed by atoms with Crippen LogP contribution in [0.3, 0.4) is 0 Å². The summed E-state index contributed by atoms with van der Waals surface area (Å²) in [6.45, 7) is 13.1. The maximum atomic E-state index is 12.3. The predicted molar refractivity (Wildman–Crippen MR) is 95.5 cm³/mol. The maximum absolute atomic E-state index is 12.3. The molecule has 5 nitrogen and oxygen atoms in total. The lowest BCUT2D eigenvalue weighted by molar-refractivity contribution is 0.0891. The summed E-state index contributed by atoms with van der Waals surface area (Å²) in [6.07, 6.45) is 2.20. The van der Waals surface area contributed by atoms with Gasteiger partial charge in [0.25, 0.3) is 10.1 Å². The molecule has 0 unspecified atom stereocenters. The number of unbranched alkanes of at least 4 members (excludes halogenated alkanes) is 1. The SMILES string of the molecule is CCCCOS(=O)(=O)C1(C[C@H](O)CO[Si](C)(C)C(C)(C)C)CC1. The lowest BCUT2D eigenvalue weighted by atomic mass is 10.2. The van der Waals surface area contributed by atoms with Gasteiger partial charge in [-0.05, 0) is 43.8 Å². The highest BCUT2D eigenvalue weighted by molar-refractivity contribution is 7.88. The Morgan fingerprint density at radius 3 is 2.26 bits per heavy atom. The number of rotatable bonds is 10. The number of aliphatic hydroxyl groups excluding tert-OH is 1. The lowest BCUT2D eigenvalue weighted by Crippen LogP contribution is -2.43. The average Bonchev–Trinajstić information content (AvgIpc) is 3.17. The van der Waals surface area contributed by atoms with Crippen molar-refractivity contribution in [2.24, 2.45) is 0 Å². The standard InChI is InChI=1S/C16H34O5SSi/c1-7-8-11-20-22(18,19)16(9-10-16)12-14(17)13-21-23(5,6)15(2,3)4/h14,17H,7-13H2,1-6H3/t14-/m0/s1. The van der Waals surface area contributed by atoms with Crippen LogP contribution in [0.4, 0.5) is 0 Å². The molecule has 0 radical (unpaired) electrons. The third-order valence-electron chi connectivity index (χ3n) is 5.12. The summed E-state index contributed by atoms with van der Waals surface area (Å²) in [4.78, 5) is 0. The van der Waals surface area contributed by atoms with Gasteiger partial charge in [0.1, 0.15) is 4.75 Å². The van der Waals surface area contributed by atoms with Gasteiger partial charge in [0, 0.05) is 0 Å². The Hall–Kier alpha value is 0.0469. The van der Waals surface area contributed by atoms with Crippen LogP contribution in [-0.2, 0) is 18.7 Å². The first-order valence-electron chi connectivity index (χ1n) is 8.58. The van der Waals surface area contributed by atoms with Crippen molar-refractivity contribution in [2.75, 3.05) is 13.2 Å². The van der Waals surface area contributed by atoms with Crippen molar-refractivity contribution in [3.63, 3.8) is 0 Å². The van der Waals surface area contributed by atoms with Crippen molar-refractivity contribution in [1.82, 2.24) is 0 Å². The summed E-state index contributed by atoms with van der Waals surface area (Å²) < 4.78 is 34.9. The van der Waals surface area contributed by atoms with E-state index >= 15 is 0 Å². The van der Waals surface area contributed by atoms with E-state index in [-0.39, 0.29) is 24.7 Å². The second-order valence-corrected chi connectivity index (χ2v) is 15.1. The van der Waals surface area contributed by atoms with Gasteiger partial charge in [-0.3, -0.25) is 4.18 Å². The van der Waals surface area contributed by atoms with Crippen molar-refractivity contribution < 1.29 is 22.1 Å². The monoisotopic (exact) mass is 366 g/mol. The summed E-state index contributed by atoms with van der Waals surface area (Å²) in [7, 11) is -5.54. The Morgan fingerprint density at radius 2 is 1.83 bits per heavy atom. The molecule has 0 aromatic rings. The molecule has 0 saturated heterocycles. The molecule has 1 atom stereocenters. The molecule has 0 aromatic carbocycles. The summed E-state index contributed by atoms with van der Waals surface area (Å²) in [5.41, 5.74) is 0. The molecule has 1 fully saturated rings. The van der Waals surface area contributed by atoms with Gasteiger partial charge < -0.3 is 9.53 Å². The molecule has 0 amide bonds. The molecular formula is C16H34O5SSi. The second kappa shape index (κ2) is 7.52. The molecule has 1 N–H and O–H groups in total. The molecule has 0 aliphatic heterocycles. The third-order valence-corrected chi connectivity index (χ3v) is 11.7. The van der Waals surface area contributed by atoms with Crippen molar-refractivity contribution in [3.05, 3.63) is 0 Å². The van der Waals surface area contributed by atoms with E-state index in [1.54, 1.807) is 0 Å². The fourth-order valence-corrected chi connectivity index (χ4v) is 4.77. The first-order valence-corrected chi connectivity index (χ1v) is 12.9. The largest absolute Gasteiger partial charge is 0.414 e. The van der Waals surface area contributed by atoms with Crippen LogP contribution < -0.4 is 0 Å². The first-order chi connectivity index (χ1) is 10.4. The van der Waals surface area contributed by atoms with Gasteiger partial charge in [-0.2, -0.15) is 8.42 Å². The fraction of sp³-hybridized carbons (Fsp3) is 1.00. The molecule has 138 valence electrons. The van der Waals surface area contributed by atoms with Gasteiger partial charge in [0.15, 0.2) is 8.32 Å². The summed E-state index contributed by atoms with van der Waals surface area (Å²) in [5.74, 6) is 0. The van der Waals surface area contributed by atoms with Crippen LogP contribution in [0.1, 0.15) is 59.8 Å². The van der Waals surface area contributed by atoms with Gasteiger partial charge in [0.05, 0.1) is 19.3 Å². The zero-order valence-electron chi connectivity index (χ0n) is 15.5. The minimum Gasteiger partial charge on any atom is -0.414 e. The summed E-state index contributed by atoms with van der Waals surface area (Å²) >= 11 is 0. The molecular weight excluding hydrogens is 332 g/mol. The van der Waals surface area contributed by atoms with Crippen LogP contribution in [0.15, 0.2) is 0 Å². The number of aliphatic hydroxyl groups is 1. The number of hydrogen-bond donors (Lipinski definition) is 1. The van der Waals surface area contributed by atoms with Crippen molar-refractivity contribution in [2.45, 2.75) is 88.8 Å². The third kappa shape index (κ3) is 5.52. The predicted octanol–water partition coefficient (Wildman–Crippen LogP) is 3.44. The van der Waals surface area contributed by atoms with Crippen LogP contribution in [0.2, 0.25) is 18.1 Å². The summed E-state index contributed by atoms with van der Waals surface area (Å²) in [5, 5.41) is 10.3. The highest BCUT2D eigenvalue weighted by atomic mass is 32.2. The molecule has 0 heterocycles. The highest BCUT2D eigenvalue weighted by Gasteiger charge is 2.56. The minimum atomic E-state index is -3.60. The van der Waals surface area contributed by atoms with Gasteiger partial charge in [-0.25, -0.2) is 0 Å². The molecule has 1 saturated carbocycles. The number of hydrogen-bond acceptors (Lipinski definition) is 5. The quantitative estimate of drug-likeness (QED) is 0.364. The zero-order valence-corrected chi connectivity index (χ0v) is 17.3. The van der Waals surface area contributed by atoms with Crippen LogP contribution in [-0.4, -0.2) is 45.9 Å². The molecule has 23 heavy (non-hydrogen) atoms. The van der Waals surface area contributed by atoms with Gasteiger partial charge in [-0.15, -0.1) is 0 Å². The minimum absolute atomic E-state index is 0.0688. The fourth-order valence-electron chi connectivity index (χ4n) is 2.14. The van der Waals surface area contributed by atoms with Gasteiger partial charge in [-0.1, -0.05) is 34.1 Å². The van der Waals surface area contributed by atoms with Crippen molar-refractivity contribution >= 4 is 18.4 Å². The van der Waals surface area contributed by atoms with E-state index in [0.717, 1.165) is 12.8 Å². The topological polar surface area (TPSA) is 72.8 Å². The van der Waals surface area contributed by atoms with E-state index in [2.05, 4.69) is 33.9 Å². The molecule has 1 rings (SSSR count). The summed E-state index contributed by atoms with van der Waals surface area (Å²) in [6, 6.07) is 0. The lowest BCUT2D eigenvalue weighted by Gasteiger charge is -2.37. The van der Waals surface area contributed by atoms with Crippen LogP contribution >= 0.6 is 0 Å². The zero-order chi connectivity index (χ0) is 17.9. The molecule has 0 spiro atoms. The van der Waals surface area contributed by atoms with E-state index in [9.17, 15) is 13.5 Å². The molecule has 0 aromatic heterocycles. The molecule has 0 bridgehead atoms. The Labute approximate surface area is 143 Å². The molecule has 1 aliphatic carbocycles. The van der Waals surface area contributed by atoms with E-state index in [1.165, 1.54) is 0 Å². The van der Waals surface area contributed by atoms with E-state index in [0.29, 0.717) is 12.8 Å². The molecule has 1 aliphatic rings. The van der Waals surface area contributed by atoms with Crippen LogP contribution in [0.5, 0.6) is 0 Å². The van der Waals surface area contributed by atoms with Gasteiger partial charge in [0.2, 0.25) is 0 Å². The Bertz CT molecular complexity index is 477. The Kier molecular flexibility index (Phi) is 6.89. The van der Waals surface area contributed by atoms with Crippen molar-refractivity contribution in [3.8, 4) is 0 Å². The Morgan fingerprint density at radius 1 is 1.26 bits per heavy atom. The van der Waals surface area contributed by atoms with Crippen molar-refractivity contribution in [1.29, 1.82) is 0 Å². The maximum Gasteiger partial charge on any atom is 0.273 e.